The topological polar surface area (TPSA) is 125 Å². The first-order chi connectivity index (χ1) is 23.1. The third-order valence-electron chi connectivity index (χ3n) is 9.38. The van der Waals surface area contributed by atoms with Crippen LogP contribution < -0.4 is 10.1 Å². The number of amides is 2. The first-order valence-electron chi connectivity index (χ1n) is 17.9. The lowest BCUT2D eigenvalue weighted by Gasteiger charge is -2.35. The van der Waals surface area contributed by atoms with Gasteiger partial charge in [-0.2, -0.15) is 5.21 Å². The van der Waals surface area contributed by atoms with Crippen LogP contribution in [-0.4, -0.2) is 55.8 Å². The highest BCUT2D eigenvalue weighted by Crippen LogP contribution is 2.38. The fraction of sp³-hybridized carbons (Fsp3) is 0.590. The molecule has 49 heavy (non-hydrogen) atoms. The van der Waals surface area contributed by atoms with Gasteiger partial charge in [-0.1, -0.05) is 98.2 Å². The second-order valence-electron chi connectivity index (χ2n) is 16.1. The molecule has 2 N–H and O–H groups in total. The number of nitrogens with one attached hydrogen (secondary N) is 2. The van der Waals surface area contributed by atoms with Crippen molar-refractivity contribution in [3.63, 3.8) is 0 Å². The number of carbonyl (C=O) groups excluding carboxylic acids is 2. The molecular formula is C39H57N7O3. The average molecular weight is 672 g/mol. The lowest BCUT2D eigenvalue weighted by atomic mass is 9.85. The fourth-order valence-corrected chi connectivity index (χ4v) is 6.27. The van der Waals surface area contributed by atoms with Gasteiger partial charge in [0.1, 0.15) is 17.6 Å². The van der Waals surface area contributed by atoms with E-state index in [4.69, 9.17) is 9.73 Å². The SMILES string of the molecule is CCC(CCC1N=C(c2cccc(OCCC(C)(C)C)c2)C(=O)N1C(CCC(C)(C)C)c1ccc(C(=O)NCc2nn[nH]n2)cc1)C(C)C. The molecule has 266 valence electrons. The molecular weight excluding hydrogens is 614 g/mol. The molecule has 0 saturated heterocycles. The minimum absolute atomic E-state index is 0.0599. The van der Waals surface area contributed by atoms with Crippen LogP contribution in [0.2, 0.25) is 0 Å². The van der Waals surface area contributed by atoms with E-state index in [0.29, 0.717) is 35.5 Å². The smallest absolute Gasteiger partial charge is 0.274 e. The van der Waals surface area contributed by atoms with Gasteiger partial charge in [0.25, 0.3) is 11.8 Å². The summed E-state index contributed by atoms with van der Waals surface area (Å²) < 4.78 is 6.13. The number of ether oxygens (including phenoxy) is 1. The number of hydrogen-bond donors (Lipinski definition) is 2. The molecule has 2 heterocycles. The van der Waals surface area contributed by atoms with Crippen LogP contribution in [0, 0.1) is 22.7 Å². The van der Waals surface area contributed by atoms with Gasteiger partial charge < -0.3 is 15.0 Å². The molecule has 2 amide bonds. The molecule has 1 aliphatic rings. The van der Waals surface area contributed by atoms with Crippen molar-refractivity contribution in [3.05, 3.63) is 71.0 Å². The van der Waals surface area contributed by atoms with E-state index in [9.17, 15) is 9.59 Å². The van der Waals surface area contributed by atoms with Gasteiger partial charge in [0.2, 0.25) is 0 Å². The second-order valence-corrected chi connectivity index (χ2v) is 16.1. The van der Waals surface area contributed by atoms with Crippen LogP contribution in [0.5, 0.6) is 5.75 Å². The van der Waals surface area contributed by atoms with E-state index < -0.39 is 0 Å². The number of aromatic nitrogens is 4. The van der Waals surface area contributed by atoms with E-state index in [-0.39, 0.29) is 41.4 Å². The monoisotopic (exact) mass is 671 g/mol. The summed E-state index contributed by atoms with van der Waals surface area (Å²) in [6.45, 7) is 20.9. The Labute approximate surface area is 292 Å². The van der Waals surface area contributed by atoms with Gasteiger partial charge in [-0.3, -0.25) is 14.6 Å². The first kappa shape index (κ1) is 37.7. The number of aliphatic imine (C=N–C) groups is 1. The number of tetrazole rings is 1. The van der Waals surface area contributed by atoms with Gasteiger partial charge >= 0.3 is 0 Å². The number of carbonyl (C=O) groups is 2. The van der Waals surface area contributed by atoms with Crippen molar-refractivity contribution in [2.24, 2.45) is 27.7 Å². The van der Waals surface area contributed by atoms with Crippen molar-refractivity contribution >= 4 is 17.5 Å². The third kappa shape index (κ3) is 11.0. The van der Waals surface area contributed by atoms with Gasteiger partial charge in [0, 0.05) is 11.1 Å². The van der Waals surface area contributed by atoms with Crippen LogP contribution in [0.1, 0.15) is 134 Å². The van der Waals surface area contributed by atoms with Gasteiger partial charge in [-0.05, 0) is 84.6 Å². The molecule has 0 aliphatic carbocycles. The van der Waals surface area contributed by atoms with Crippen LogP contribution in [0.25, 0.3) is 0 Å². The number of nitrogens with zero attached hydrogens (tertiary/aromatic N) is 5. The minimum Gasteiger partial charge on any atom is -0.494 e. The van der Waals surface area contributed by atoms with Crippen molar-refractivity contribution in [2.75, 3.05) is 6.61 Å². The highest BCUT2D eigenvalue weighted by Gasteiger charge is 2.40. The van der Waals surface area contributed by atoms with Gasteiger partial charge in [0.15, 0.2) is 5.82 Å². The van der Waals surface area contributed by atoms with Gasteiger partial charge in [0.05, 0.1) is 19.2 Å². The number of aromatic amines is 1. The maximum Gasteiger partial charge on any atom is 0.274 e. The molecule has 3 unspecified atom stereocenters. The molecule has 0 fully saturated rings. The van der Waals surface area contributed by atoms with E-state index in [1.54, 1.807) is 0 Å². The van der Waals surface area contributed by atoms with Crippen LogP contribution in [-0.2, 0) is 11.3 Å². The van der Waals surface area contributed by atoms with E-state index in [1.165, 1.54) is 0 Å². The molecule has 10 heteroatoms. The Balaban J connectivity index is 1.64. The van der Waals surface area contributed by atoms with Gasteiger partial charge in [-0.25, -0.2) is 0 Å². The second kappa shape index (κ2) is 16.5. The van der Waals surface area contributed by atoms with E-state index in [1.807, 2.05) is 53.4 Å². The molecule has 4 rings (SSSR count). The summed E-state index contributed by atoms with van der Waals surface area (Å²) in [6, 6.07) is 15.2. The lowest BCUT2D eigenvalue weighted by Crippen LogP contribution is -2.40. The molecule has 1 aromatic heterocycles. The van der Waals surface area contributed by atoms with E-state index in [0.717, 1.165) is 55.4 Å². The Bertz CT molecular complexity index is 1540. The largest absolute Gasteiger partial charge is 0.494 e. The Morgan fingerprint density at radius 3 is 2.33 bits per heavy atom. The van der Waals surface area contributed by atoms with Crippen molar-refractivity contribution in [2.45, 2.75) is 120 Å². The summed E-state index contributed by atoms with van der Waals surface area (Å²) in [4.78, 5) is 34.7. The number of H-pyrrole nitrogens is 1. The van der Waals surface area contributed by atoms with Gasteiger partial charge in [-0.15, -0.1) is 10.2 Å². The third-order valence-corrected chi connectivity index (χ3v) is 9.38. The summed E-state index contributed by atoms with van der Waals surface area (Å²) in [5.41, 5.74) is 3.02. The summed E-state index contributed by atoms with van der Waals surface area (Å²) >= 11 is 0. The van der Waals surface area contributed by atoms with Crippen molar-refractivity contribution < 1.29 is 14.3 Å². The molecule has 0 radical (unpaired) electrons. The Kier molecular flexibility index (Phi) is 12.7. The lowest BCUT2D eigenvalue weighted by molar-refractivity contribution is -0.127. The van der Waals surface area contributed by atoms with E-state index in [2.05, 4.69) is 88.3 Å². The summed E-state index contributed by atoms with van der Waals surface area (Å²) in [5, 5.41) is 16.6. The summed E-state index contributed by atoms with van der Waals surface area (Å²) in [7, 11) is 0. The fourth-order valence-electron chi connectivity index (χ4n) is 6.27. The molecule has 3 atom stereocenters. The zero-order chi connectivity index (χ0) is 35.8. The van der Waals surface area contributed by atoms with Crippen LogP contribution in [0.15, 0.2) is 53.5 Å². The number of rotatable bonds is 16. The molecule has 1 aliphatic heterocycles. The zero-order valence-corrected chi connectivity index (χ0v) is 31.0. The molecule has 3 aromatic rings. The standard InChI is InChI=1S/C39H57N7O3/c1-10-27(26(2)3)18-19-34-41-35(30-12-11-13-31(24-30)49-23-22-39(7,8)9)37(48)46(34)32(20-21-38(4,5)6)28-14-16-29(17-15-28)36(47)40-25-33-42-44-45-43-33/h11-17,24,26-27,32,34H,10,18-23,25H2,1-9H3,(H,40,47)(H,42,43,44,45). The first-order valence-corrected chi connectivity index (χ1v) is 17.9. The highest BCUT2D eigenvalue weighted by atomic mass is 16.5. The molecule has 2 aromatic carbocycles. The van der Waals surface area contributed by atoms with Crippen molar-refractivity contribution in [1.82, 2.24) is 30.8 Å². The maximum atomic E-state index is 14.6. The van der Waals surface area contributed by atoms with Crippen LogP contribution >= 0.6 is 0 Å². The molecule has 10 nitrogen and oxygen atoms in total. The molecule has 0 saturated carbocycles. The normalized spacial score (nSPS) is 16.5. The van der Waals surface area contributed by atoms with E-state index >= 15 is 0 Å². The molecule has 0 bridgehead atoms. The predicted molar refractivity (Wildman–Crippen MR) is 194 cm³/mol. The predicted octanol–water partition coefficient (Wildman–Crippen LogP) is 7.93. The summed E-state index contributed by atoms with van der Waals surface area (Å²) in [6.07, 6.45) is 5.19. The number of benzene rings is 2. The van der Waals surface area contributed by atoms with Crippen LogP contribution in [0.4, 0.5) is 0 Å². The summed E-state index contributed by atoms with van der Waals surface area (Å²) in [5.74, 6) is 1.97. The highest BCUT2D eigenvalue weighted by molar-refractivity contribution is 6.46. The van der Waals surface area contributed by atoms with Crippen molar-refractivity contribution in [3.8, 4) is 5.75 Å². The quantitative estimate of drug-likeness (QED) is 0.159. The van der Waals surface area contributed by atoms with Crippen molar-refractivity contribution in [1.29, 1.82) is 0 Å². The Hall–Kier alpha value is -4.08. The Morgan fingerprint density at radius 1 is 1.00 bits per heavy atom. The zero-order valence-electron chi connectivity index (χ0n) is 31.0. The molecule has 0 spiro atoms. The average Bonchev–Trinajstić information content (AvgIpc) is 3.67. The number of hydrogen-bond acceptors (Lipinski definition) is 7. The maximum absolute atomic E-state index is 14.6. The van der Waals surface area contributed by atoms with Crippen LogP contribution in [0.3, 0.4) is 0 Å². The Morgan fingerprint density at radius 2 is 1.71 bits per heavy atom. The minimum atomic E-state index is -0.288.